The third-order valence-corrected chi connectivity index (χ3v) is 7.13. The number of carbonyl (C=O) groups excluding carboxylic acids is 1. The molecule has 0 unspecified atom stereocenters. The molecule has 2 fully saturated rings. The molecule has 1 heterocycles. The van der Waals surface area contributed by atoms with E-state index in [1.54, 1.807) is 20.8 Å². The van der Waals surface area contributed by atoms with Crippen LogP contribution in [0.3, 0.4) is 0 Å². The number of hydrogen-bond donors (Lipinski definition) is 2. The van der Waals surface area contributed by atoms with Crippen LogP contribution in [-0.4, -0.2) is 47.1 Å². The van der Waals surface area contributed by atoms with Gasteiger partial charge in [0.2, 0.25) is 0 Å². The number of carboxylic acids is 1. The summed E-state index contributed by atoms with van der Waals surface area (Å²) in [7, 11) is -0.428. The molecule has 2 aliphatic rings. The van der Waals surface area contributed by atoms with Crippen molar-refractivity contribution in [3.05, 3.63) is 35.9 Å². The smallest absolute Gasteiger partial charge is 0.480 e. The summed E-state index contributed by atoms with van der Waals surface area (Å²) in [5, 5.41) is 12.2. The first-order chi connectivity index (χ1) is 16.2. The van der Waals surface area contributed by atoms with Crippen molar-refractivity contribution < 1.29 is 28.7 Å². The van der Waals surface area contributed by atoms with E-state index in [-0.39, 0.29) is 6.42 Å². The summed E-state index contributed by atoms with van der Waals surface area (Å²) < 4.78 is 17.6. The van der Waals surface area contributed by atoms with Gasteiger partial charge in [-0.25, -0.2) is 9.59 Å². The normalized spacial score (nSPS) is 21.1. The summed E-state index contributed by atoms with van der Waals surface area (Å²) in [5.41, 5.74) is 1.62. The second-order valence-electron chi connectivity index (χ2n) is 11.6. The summed E-state index contributed by atoms with van der Waals surface area (Å²) in [5.74, 6) is -0.720. The Morgan fingerprint density at radius 2 is 1.66 bits per heavy atom. The van der Waals surface area contributed by atoms with Crippen LogP contribution in [0.1, 0.15) is 86.1 Å². The van der Waals surface area contributed by atoms with Gasteiger partial charge in [-0.2, -0.15) is 0 Å². The van der Waals surface area contributed by atoms with Crippen molar-refractivity contribution >= 4 is 30.2 Å². The lowest BCUT2D eigenvalue weighted by atomic mass is 9.78. The van der Waals surface area contributed by atoms with Gasteiger partial charge in [0.05, 0.1) is 11.2 Å². The molecule has 192 valence electrons. The Balaban J connectivity index is 1.79. The molecule has 1 amide bonds. The van der Waals surface area contributed by atoms with Crippen molar-refractivity contribution in [3.8, 4) is 0 Å². The van der Waals surface area contributed by atoms with Gasteiger partial charge in [0.15, 0.2) is 0 Å². The third kappa shape index (κ3) is 6.88. The first kappa shape index (κ1) is 27.3. The molecule has 0 radical (unpaired) electrons. The molecule has 8 heteroatoms. The van der Waals surface area contributed by atoms with Gasteiger partial charge in [-0.1, -0.05) is 43.2 Å². The van der Waals surface area contributed by atoms with E-state index in [0.717, 1.165) is 42.3 Å². The summed E-state index contributed by atoms with van der Waals surface area (Å²) in [6.07, 6.45) is 5.88. The third-order valence-electron chi connectivity index (χ3n) is 7.13. The number of amides is 1. The van der Waals surface area contributed by atoms with Crippen LogP contribution in [0.15, 0.2) is 30.3 Å². The van der Waals surface area contributed by atoms with Crippen molar-refractivity contribution in [2.75, 3.05) is 0 Å². The van der Waals surface area contributed by atoms with E-state index in [2.05, 4.69) is 17.4 Å². The maximum Gasteiger partial charge on any atom is 0.494 e. The number of carboxylic acid groups (broad SMARTS) is 1. The van der Waals surface area contributed by atoms with Crippen LogP contribution in [0.4, 0.5) is 4.79 Å². The predicted molar refractivity (Wildman–Crippen MR) is 138 cm³/mol. The van der Waals surface area contributed by atoms with Crippen molar-refractivity contribution in [1.82, 2.24) is 5.32 Å². The number of carbonyl (C=O) groups is 2. The van der Waals surface area contributed by atoms with Crippen molar-refractivity contribution in [3.63, 3.8) is 0 Å². The van der Waals surface area contributed by atoms with E-state index >= 15 is 0 Å². The van der Waals surface area contributed by atoms with Crippen LogP contribution in [-0.2, 0) is 18.8 Å². The van der Waals surface area contributed by atoms with Gasteiger partial charge in [0.25, 0.3) is 0 Å². The fourth-order valence-corrected chi connectivity index (χ4v) is 4.48. The molecule has 1 aliphatic heterocycles. The fraction of sp³-hybridized carbons (Fsp3) is 0.630. The molecule has 1 saturated heterocycles. The van der Waals surface area contributed by atoms with Crippen LogP contribution < -0.4 is 10.8 Å². The average Bonchev–Trinajstić information content (AvgIpc) is 3.32. The highest BCUT2D eigenvalue weighted by Crippen LogP contribution is 2.38. The van der Waals surface area contributed by atoms with Gasteiger partial charge in [0, 0.05) is 0 Å². The van der Waals surface area contributed by atoms with Gasteiger partial charge >= 0.3 is 19.2 Å². The molecule has 7 nitrogen and oxygen atoms in total. The zero-order chi connectivity index (χ0) is 26.0. The first-order valence-corrected chi connectivity index (χ1v) is 12.6. The highest BCUT2D eigenvalue weighted by atomic mass is 16.7. The van der Waals surface area contributed by atoms with Crippen LogP contribution in [0, 0.1) is 5.92 Å². The Morgan fingerprint density at radius 3 is 2.14 bits per heavy atom. The molecule has 1 saturated carbocycles. The Hall–Kier alpha value is -2.32. The van der Waals surface area contributed by atoms with E-state index in [4.69, 9.17) is 14.0 Å². The zero-order valence-corrected chi connectivity index (χ0v) is 22.1. The molecule has 1 aliphatic carbocycles. The molecule has 1 aromatic carbocycles. The summed E-state index contributed by atoms with van der Waals surface area (Å²) in [6, 6.07) is 7.09. The molecule has 1 aromatic rings. The predicted octanol–water partition coefficient (Wildman–Crippen LogP) is 4.93. The maximum atomic E-state index is 12.2. The molecule has 0 spiro atoms. The number of hydrogen-bond acceptors (Lipinski definition) is 5. The Morgan fingerprint density at radius 1 is 1.11 bits per heavy atom. The Labute approximate surface area is 209 Å². The largest absolute Gasteiger partial charge is 0.494 e. The van der Waals surface area contributed by atoms with Crippen LogP contribution in [0.5, 0.6) is 0 Å². The van der Waals surface area contributed by atoms with Gasteiger partial charge in [0.1, 0.15) is 11.6 Å². The maximum absolute atomic E-state index is 12.2. The van der Waals surface area contributed by atoms with Crippen molar-refractivity contribution in [2.45, 2.75) is 103 Å². The lowest BCUT2D eigenvalue weighted by Crippen LogP contribution is -2.43. The number of nitrogens with one attached hydrogen (secondary N) is 1. The van der Waals surface area contributed by atoms with Gasteiger partial charge in [-0.05, 0) is 90.2 Å². The summed E-state index contributed by atoms with van der Waals surface area (Å²) >= 11 is 0. The van der Waals surface area contributed by atoms with Gasteiger partial charge in [-0.15, -0.1) is 0 Å². The minimum absolute atomic E-state index is 0.180. The summed E-state index contributed by atoms with van der Waals surface area (Å²) in [4.78, 5) is 24.0. The van der Waals surface area contributed by atoms with Gasteiger partial charge < -0.3 is 24.5 Å². The molecular formula is C27H40BNO6. The SMILES string of the molecule is CC(C)(C)OC(=O)N[C@@H](C/C=C(/c1ccc(B2OC(C)(C)C(C)(C)O2)cc1)C1CCCC1)C(=O)O. The zero-order valence-electron chi connectivity index (χ0n) is 22.1. The van der Waals surface area contributed by atoms with E-state index in [1.807, 2.05) is 45.9 Å². The lowest BCUT2D eigenvalue weighted by Gasteiger charge is -2.32. The molecule has 0 bridgehead atoms. The minimum atomic E-state index is -1.09. The van der Waals surface area contributed by atoms with Crippen LogP contribution >= 0.6 is 0 Å². The van der Waals surface area contributed by atoms with Crippen molar-refractivity contribution in [2.24, 2.45) is 5.92 Å². The fourth-order valence-electron chi connectivity index (χ4n) is 4.48. The quantitative estimate of drug-likeness (QED) is 0.532. The number of benzene rings is 1. The number of rotatable bonds is 7. The van der Waals surface area contributed by atoms with E-state index in [9.17, 15) is 14.7 Å². The van der Waals surface area contributed by atoms with Crippen molar-refractivity contribution in [1.29, 1.82) is 0 Å². The summed E-state index contributed by atoms with van der Waals surface area (Å²) in [6.45, 7) is 13.4. The molecule has 0 aromatic heterocycles. The standard InChI is InChI=1S/C27H40BNO6/c1-25(2,3)33-24(32)29-22(23(30)31)17-16-21(18-10-8-9-11-18)19-12-14-20(15-13-19)28-34-26(4,5)27(6,7)35-28/h12-16,18,22H,8-11,17H2,1-7H3,(H,29,32)(H,30,31)/b21-16+/t22-/m0/s1. The number of ether oxygens (including phenoxy) is 1. The van der Waals surface area contributed by atoms with E-state index < -0.39 is 42.0 Å². The highest BCUT2D eigenvalue weighted by Gasteiger charge is 2.51. The van der Waals surface area contributed by atoms with Crippen LogP contribution in [0.2, 0.25) is 0 Å². The number of allylic oxidation sites excluding steroid dienone is 1. The second kappa shape index (κ2) is 10.4. The molecule has 2 N–H and O–H groups in total. The van der Waals surface area contributed by atoms with E-state index in [0.29, 0.717) is 5.92 Å². The number of aliphatic carboxylic acids is 1. The van der Waals surface area contributed by atoms with Crippen LogP contribution in [0.25, 0.3) is 5.57 Å². The molecule has 35 heavy (non-hydrogen) atoms. The first-order valence-electron chi connectivity index (χ1n) is 12.6. The Bertz CT molecular complexity index is 925. The Kier molecular flexibility index (Phi) is 8.07. The van der Waals surface area contributed by atoms with Gasteiger partial charge in [-0.3, -0.25) is 0 Å². The molecular weight excluding hydrogens is 445 g/mol. The lowest BCUT2D eigenvalue weighted by molar-refractivity contribution is -0.139. The molecule has 1 atom stereocenters. The monoisotopic (exact) mass is 485 g/mol. The topological polar surface area (TPSA) is 94.1 Å². The molecule has 3 rings (SSSR count). The highest BCUT2D eigenvalue weighted by molar-refractivity contribution is 6.62. The average molecular weight is 485 g/mol. The van der Waals surface area contributed by atoms with E-state index in [1.165, 1.54) is 0 Å². The second-order valence-corrected chi connectivity index (χ2v) is 11.6. The number of alkyl carbamates (subject to hydrolysis) is 1. The minimum Gasteiger partial charge on any atom is -0.480 e.